The number of benzene rings is 1. The maximum Gasteiger partial charge on any atom is 0.314 e. The van der Waals surface area contributed by atoms with Crippen molar-refractivity contribution in [3.63, 3.8) is 0 Å². The minimum atomic E-state index is -0.937. The fourth-order valence-electron chi connectivity index (χ4n) is 1.69. The molecule has 3 rings (SSSR count). The summed E-state index contributed by atoms with van der Waals surface area (Å²) in [6, 6.07) is 11.5. The predicted octanol–water partition coefficient (Wildman–Crippen LogP) is 2.30. The number of hydrogen-bond donors (Lipinski definition) is 2. The lowest BCUT2D eigenvalue weighted by Crippen LogP contribution is -1.97. The van der Waals surface area contributed by atoms with Crippen LogP contribution in [0.5, 0.6) is 0 Å². The predicted molar refractivity (Wildman–Crippen MR) is 75.7 cm³/mol. The Hall–Kier alpha value is -2.61. The molecule has 0 atom stereocenters. The number of carboxylic acids is 1. The third-order valence-electron chi connectivity index (χ3n) is 2.60. The Morgan fingerprint density at radius 1 is 1.29 bits per heavy atom. The molecule has 0 unspecified atom stereocenters. The van der Waals surface area contributed by atoms with Crippen molar-refractivity contribution in [2.75, 3.05) is 5.75 Å². The molecule has 2 aromatic heterocycles. The molecule has 0 aliphatic heterocycles. The van der Waals surface area contributed by atoms with Crippen molar-refractivity contribution < 1.29 is 14.3 Å². The summed E-state index contributed by atoms with van der Waals surface area (Å²) in [4.78, 5) is 10.5. The highest BCUT2D eigenvalue weighted by atomic mass is 32.2. The summed E-state index contributed by atoms with van der Waals surface area (Å²) in [5.41, 5.74) is 2.33. The van der Waals surface area contributed by atoms with E-state index in [1.807, 2.05) is 30.3 Å². The smallest absolute Gasteiger partial charge is 0.314 e. The van der Waals surface area contributed by atoms with Gasteiger partial charge in [0.25, 0.3) is 11.1 Å². The van der Waals surface area contributed by atoms with E-state index < -0.39 is 5.97 Å². The van der Waals surface area contributed by atoms with Gasteiger partial charge in [0.05, 0.1) is 5.69 Å². The molecule has 2 N–H and O–H groups in total. The van der Waals surface area contributed by atoms with Gasteiger partial charge in [0.15, 0.2) is 0 Å². The molecule has 0 aliphatic rings. The maximum atomic E-state index is 10.5. The Balaban J connectivity index is 1.79. The van der Waals surface area contributed by atoms with Crippen LogP contribution in [0.15, 0.2) is 46.0 Å². The Labute approximate surface area is 123 Å². The highest BCUT2D eigenvalue weighted by molar-refractivity contribution is 7.99. The number of carboxylic acid groups (broad SMARTS) is 1. The lowest BCUT2D eigenvalue weighted by Gasteiger charge is -1.92. The zero-order valence-electron chi connectivity index (χ0n) is 10.7. The van der Waals surface area contributed by atoms with Crippen LogP contribution in [0.4, 0.5) is 0 Å². The van der Waals surface area contributed by atoms with Crippen LogP contribution < -0.4 is 0 Å². The number of nitrogens with zero attached hydrogens (tertiary/aromatic N) is 3. The summed E-state index contributed by atoms with van der Waals surface area (Å²) >= 11 is 0.973. The summed E-state index contributed by atoms with van der Waals surface area (Å²) < 4.78 is 5.38. The van der Waals surface area contributed by atoms with Crippen LogP contribution in [-0.2, 0) is 4.79 Å². The fraction of sp³-hybridized carbons (Fsp3) is 0.0769. The monoisotopic (exact) mass is 302 g/mol. The van der Waals surface area contributed by atoms with Gasteiger partial charge in [-0.25, -0.2) is 0 Å². The van der Waals surface area contributed by atoms with Crippen LogP contribution >= 0.6 is 11.8 Å². The average molecular weight is 302 g/mol. The maximum absolute atomic E-state index is 10.5. The van der Waals surface area contributed by atoms with Gasteiger partial charge in [-0.2, -0.15) is 5.10 Å². The number of hydrogen-bond acceptors (Lipinski definition) is 6. The second-order valence-corrected chi connectivity index (χ2v) is 5.02. The van der Waals surface area contributed by atoms with Gasteiger partial charge >= 0.3 is 5.97 Å². The van der Waals surface area contributed by atoms with Gasteiger partial charge in [0, 0.05) is 5.56 Å². The van der Waals surface area contributed by atoms with Crippen LogP contribution in [0.25, 0.3) is 22.8 Å². The summed E-state index contributed by atoms with van der Waals surface area (Å²) in [5.74, 6) is -0.787. The van der Waals surface area contributed by atoms with Gasteiger partial charge in [0.2, 0.25) is 0 Å². The molecule has 106 valence electrons. The van der Waals surface area contributed by atoms with Crippen molar-refractivity contribution in [2.24, 2.45) is 0 Å². The first kappa shape index (κ1) is 13.4. The second-order valence-electron chi connectivity index (χ2n) is 4.09. The lowest BCUT2D eigenvalue weighted by molar-refractivity contribution is -0.133. The average Bonchev–Trinajstić information content (AvgIpc) is 3.15. The van der Waals surface area contributed by atoms with Gasteiger partial charge < -0.3 is 9.52 Å². The Bertz CT molecular complexity index is 754. The van der Waals surface area contributed by atoms with Crippen molar-refractivity contribution in [2.45, 2.75) is 5.22 Å². The first-order valence-corrected chi connectivity index (χ1v) is 7.00. The molecule has 3 aromatic rings. The van der Waals surface area contributed by atoms with E-state index in [9.17, 15) is 4.79 Å². The van der Waals surface area contributed by atoms with Crippen LogP contribution in [0.3, 0.4) is 0 Å². The number of aromatic nitrogens is 4. The molecule has 0 amide bonds. The summed E-state index contributed by atoms with van der Waals surface area (Å²) in [6.07, 6.45) is 0. The molecular formula is C13H10N4O3S. The Kier molecular flexibility index (Phi) is 3.69. The van der Waals surface area contributed by atoms with E-state index in [0.717, 1.165) is 23.0 Å². The van der Waals surface area contributed by atoms with Crippen LogP contribution in [-0.4, -0.2) is 37.2 Å². The number of aromatic amines is 1. The van der Waals surface area contributed by atoms with Crippen molar-refractivity contribution in [1.29, 1.82) is 0 Å². The molecular weight excluding hydrogens is 292 g/mol. The number of H-pyrrole nitrogens is 1. The van der Waals surface area contributed by atoms with Gasteiger partial charge in [-0.05, 0) is 6.07 Å². The van der Waals surface area contributed by atoms with Crippen LogP contribution in [0.1, 0.15) is 0 Å². The number of carbonyl (C=O) groups is 1. The minimum Gasteiger partial charge on any atom is -0.481 e. The van der Waals surface area contributed by atoms with E-state index in [1.165, 1.54) is 0 Å². The normalized spacial score (nSPS) is 10.7. The molecule has 2 heterocycles. The van der Waals surface area contributed by atoms with Crippen molar-refractivity contribution in [3.8, 4) is 22.8 Å². The molecule has 0 bridgehead atoms. The molecule has 21 heavy (non-hydrogen) atoms. The van der Waals surface area contributed by atoms with Gasteiger partial charge in [-0.1, -0.05) is 42.1 Å². The highest BCUT2D eigenvalue weighted by Gasteiger charge is 2.13. The van der Waals surface area contributed by atoms with Gasteiger partial charge in [-0.15, -0.1) is 10.2 Å². The fourth-order valence-corrected chi connectivity index (χ4v) is 2.17. The molecule has 0 radical (unpaired) electrons. The highest BCUT2D eigenvalue weighted by Crippen LogP contribution is 2.25. The number of aliphatic carboxylic acids is 1. The zero-order valence-corrected chi connectivity index (χ0v) is 11.5. The van der Waals surface area contributed by atoms with Crippen LogP contribution in [0.2, 0.25) is 0 Å². The van der Waals surface area contributed by atoms with Gasteiger partial charge in [-0.3, -0.25) is 9.89 Å². The molecule has 1 aromatic carbocycles. The summed E-state index contributed by atoms with van der Waals surface area (Å²) in [7, 11) is 0. The molecule has 0 fully saturated rings. The van der Waals surface area contributed by atoms with E-state index in [0.29, 0.717) is 5.69 Å². The first-order chi connectivity index (χ1) is 10.2. The summed E-state index contributed by atoms with van der Waals surface area (Å²) in [6.45, 7) is 0. The molecule has 7 nitrogen and oxygen atoms in total. The number of thioether (sulfide) groups is 1. The third kappa shape index (κ3) is 3.11. The first-order valence-electron chi connectivity index (χ1n) is 6.01. The van der Waals surface area contributed by atoms with Gasteiger partial charge in [0.1, 0.15) is 11.4 Å². The topological polar surface area (TPSA) is 105 Å². The van der Waals surface area contributed by atoms with Crippen molar-refractivity contribution >= 4 is 17.7 Å². The van der Waals surface area contributed by atoms with Crippen molar-refractivity contribution in [3.05, 3.63) is 36.4 Å². The Morgan fingerprint density at radius 3 is 2.86 bits per heavy atom. The number of rotatable bonds is 5. The molecule has 0 saturated carbocycles. The largest absolute Gasteiger partial charge is 0.481 e. The van der Waals surface area contributed by atoms with Crippen LogP contribution in [0, 0.1) is 0 Å². The van der Waals surface area contributed by atoms with E-state index in [1.54, 1.807) is 6.07 Å². The molecule has 0 aliphatic carbocycles. The van der Waals surface area contributed by atoms with E-state index in [4.69, 9.17) is 9.52 Å². The standard InChI is InChI=1S/C13H10N4O3S/c18-11(19)7-21-13-17-16-12(20-13)10-6-9(14-15-10)8-4-2-1-3-5-8/h1-6H,7H2,(H,14,15)(H,18,19). The molecule has 0 spiro atoms. The third-order valence-corrected chi connectivity index (χ3v) is 3.41. The SMILES string of the molecule is O=C(O)CSc1nnc(-c2cc(-c3ccccc3)n[nH]2)o1. The lowest BCUT2D eigenvalue weighted by atomic mass is 10.1. The number of nitrogens with one attached hydrogen (secondary N) is 1. The van der Waals surface area contributed by atoms with E-state index >= 15 is 0 Å². The quantitative estimate of drug-likeness (QED) is 0.697. The molecule has 8 heteroatoms. The molecule has 0 saturated heterocycles. The Morgan fingerprint density at radius 2 is 2.10 bits per heavy atom. The van der Waals surface area contributed by atoms with Crippen molar-refractivity contribution in [1.82, 2.24) is 20.4 Å². The zero-order chi connectivity index (χ0) is 14.7. The summed E-state index contributed by atoms with van der Waals surface area (Å²) in [5, 5.41) is 23.5. The van der Waals surface area contributed by atoms with E-state index in [-0.39, 0.29) is 16.9 Å². The minimum absolute atomic E-state index is 0.125. The van der Waals surface area contributed by atoms with E-state index in [2.05, 4.69) is 20.4 Å². The second kappa shape index (κ2) is 5.80.